The van der Waals surface area contributed by atoms with Crippen LogP contribution in [0.4, 0.5) is 4.39 Å². The lowest BCUT2D eigenvalue weighted by atomic mass is 9.77. The van der Waals surface area contributed by atoms with Crippen LogP contribution in [0.2, 0.25) is 0 Å². The fourth-order valence-electron chi connectivity index (χ4n) is 5.07. The fraction of sp³-hybridized carbons (Fsp3) is 0.345. The van der Waals surface area contributed by atoms with E-state index in [0.29, 0.717) is 35.1 Å². The lowest BCUT2D eigenvalue weighted by Crippen LogP contribution is -2.55. The van der Waals surface area contributed by atoms with Gasteiger partial charge < -0.3 is 29.9 Å². The van der Waals surface area contributed by atoms with Crippen molar-refractivity contribution in [3.05, 3.63) is 83.2 Å². The highest BCUT2D eigenvalue weighted by Crippen LogP contribution is 2.51. The molecular formula is C29H31FN2O7. The number of carbonyl (C=O) groups is 3. The Balaban J connectivity index is 1.81. The average molecular weight is 539 g/mol. The molecule has 1 heterocycles. The highest BCUT2D eigenvalue weighted by Gasteiger charge is 2.51. The summed E-state index contributed by atoms with van der Waals surface area (Å²) in [5, 5.41) is 23.5. The first-order chi connectivity index (χ1) is 18.8. The van der Waals surface area contributed by atoms with Gasteiger partial charge in [0.25, 0.3) is 0 Å². The maximum Gasteiger partial charge on any atom is 0.247 e. The molecule has 206 valence electrons. The van der Waals surface area contributed by atoms with E-state index in [1.54, 1.807) is 24.3 Å². The predicted molar refractivity (Wildman–Crippen MR) is 140 cm³/mol. The zero-order chi connectivity index (χ0) is 28.1. The summed E-state index contributed by atoms with van der Waals surface area (Å²) < 4.78 is 25.1. The van der Waals surface area contributed by atoms with Crippen LogP contribution in [-0.2, 0) is 16.1 Å². The van der Waals surface area contributed by atoms with E-state index < -0.39 is 35.9 Å². The van der Waals surface area contributed by atoms with Gasteiger partial charge in [-0.2, -0.15) is 0 Å². The van der Waals surface area contributed by atoms with Gasteiger partial charge in [0, 0.05) is 36.2 Å². The largest absolute Gasteiger partial charge is 0.493 e. The van der Waals surface area contributed by atoms with E-state index >= 15 is 0 Å². The summed E-state index contributed by atoms with van der Waals surface area (Å²) in [7, 11) is 1.42. The number of halogens is 1. The van der Waals surface area contributed by atoms with Crippen LogP contribution >= 0.6 is 0 Å². The number of benzene rings is 2. The second-order valence-electron chi connectivity index (χ2n) is 9.38. The van der Waals surface area contributed by atoms with Crippen LogP contribution in [0.25, 0.3) is 0 Å². The maximum absolute atomic E-state index is 13.5. The summed E-state index contributed by atoms with van der Waals surface area (Å²) in [6.45, 7) is 3.42. The van der Waals surface area contributed by atoms with E-state index in [1.807, 2.05) is 0 Å². The molecule has 2 amide bonds. The standard InChI is InChI=1S/C29H31FN2O7/c1-3-4-5-24(35)32(15-17-6-8-19(30)9-7-17)22-14-21(29(37)31-10-11-33)25-20-12-18(16-34)13-23(38-2)27(20)39-28(25)26(22)36/h3,6-9,12-14,16,22,25-26,28,33,36H,1,4-5,10-11,15H2,2H3,(H,31,37). The summed E-state index contributed by atoms with van der Waals surface area (Å²) in [6, 6.07) is 7.78. The number of hydrogen-bond donors (Lipinski definition) is 3. The van der Waals surface area contributed by atoms with Crippen LogP contribution < -0.4 is 14.8 Å². The number of fused-ring (bicyclic) bond motifs is 3. The molecule has 4 atom stereocenters. The molecule has 2 aromatic carbocycles. The molecule has 0 aromatic heterocycles. The number of nitrogens with zero attached hydrogens (tertiary/aromatic N) is 1. The Morgan fingerprint density at radius 1 is 1.26 bits per heavy atom. The Morgan fingerprint density at radius 3 is 2.64 bits per heavy atom. The van der Waals surface area contributed by atoms with E-state index in [-0.39, 0.29) is 43.3 Å². The zero-order valence-electron chi connectivity index (χ0n) is 21.5. The number of aliphatic hydroxyl groups excluding tert-OH is 2. The van der Waals surface area contributed by atoms with Crippen molar-refractivity contribution in [2.24, 2.45) is 0 Å². The first-order valence-corrected chi connectivity index (χ1v) is 12.6. The van der Waals surface area contributed by atoms with Crippen LogP contribution in [-0.4, -0.2) is 71.7 Å². The summed E-state index contributed by atoms with van der Waals surface area (Å²) >= 11 is 0. The van der Waals surface area contributed by atoms with Crippen molar-refractivity contribution in [1.82, 2.24) is 10.2 Å². The predicted octanol–water partition coefficient (Wildman–Crippen LogP) is 2.26. The first-order valence-electron chi connectivity index (χ1n) is 12.6. The Hall–Kier alpha value is -4.02. The quantitative estimate of drug-likeness (QED) is 0.296. The third-order valence-electron chi connectivity index (χ3n) is 6.92. The topological polar surface area (TPSA) is 125 Å². The number of rotatable bonds is 11. The van der Waals surface area contributed by atoms with Gasteiger partial charge >= 0.3 is 0 Å². The second kappa shape index (κ2) is 12.2. The third kappa shape index (κ3) is 5.71. The van der Waals surface area contributed by atoms with E-state index in [9.17, 15) is 29.0 Å². The number of ether oxygens (including phenoxy) is 2. The fourth-order valence-corrected chi connectivity index (χ4v) is 5.07. The normalized spacial score (nSPS) is 21.1. The number of methoxy groups -OCH3 is 1. The molecule has 9 nitrogen and oxygen atoms in total. The molecule has 1 aliphatic heterocycles. The minimum absolute atomic E-state index is 0.0102. The Labute approximate surface area is 225 Å². The summed E-state index contributed by atoms with van der Waals surface area (Å²) in [4.78, 5) is 39.8. The molecule has 4 unspecified atom stereocenters. The van der Waals surface area contributed by atoms with Gasteiger partial charge in [0.05, 0.1) is 25.7 Å². The monoisotopic (exact) mass is 538 g/mol. The highest BCUT2D eigenvalue weighted by atomic mass is 19.1. The lowest BCUT2D eigenvalue weighted by Gasteiger charge is -2.40. The lowest BCUT2D eigenvalue weighted by molar-refractivity contribution is -0.138. The molecular weight excluding hydrogens is 507 g/mol. The minimum Gasteiger partial charge on any atom is -0.493 e. The van der Waals surface area contributed by atoms with Gasteiger partial charge in [-0.05, 0) is 42.3 Å². The van der Waals surface area contributed by atoms with Crippen molar-refractivity contribution in [2.45, 2.75) is 43.6 Å². The molecule has 0 spiro atoms. The molecule has 1 aliphatic carbocycles. The number of allylic oxidation sites excluding steroid dienone is 1. The van der Waals surface area contributed by atoms with Gasteiger partial charge in [0.1, 0.15) is 24.3 Å². The average Bonchev–Trinajstić information content (AvgIpc) is 3.34. The number of aliphatic hydroxyl groups is 2. The van der Waals surface area contributed by atoms with E-state index in [0.717, 1.165) is 0 Å². The minimum atomic E-state index is -1.27. The molecule has 0 radical (unpaired) electrons. The molecule has 2 aromatic rings. The molecule has 2 aliphatic rings. The van der Waals surface area contributed by atoms with Crippen molar-refractivity contribution >= 4 is 18.1 Å². The van der Waals surface area contributed by atoms with Gasteiger partial charge in [0.15, 0.2) is 11.5 Å². The van der Waals surface area contributed by atoms with Crippen LogP contribution in [0.3, 0.4) is 0 Å². The molecule has 4 rings (SSSR count). The molecule has 39 heavy (non-hydrogen) atoms. The van der Waals surface area contributed by atoms with Crippen molar-refractivity contribution < 1.29 is 38.5 Å². The second-order valence-corrected chi connectivity index (χ2v) is 9.38. The summed E-state index contributed by atoms with van der Waals surface area (Å²) in [5.41, 5.74) is 1.64. The number of nitrogens with one attached hydrogen (secondary N) is 1. The van der Waals surface area contributed by atoms with Crippen molar-refractivity contribution in [3.8, 4) is 11.5 Å². The molecule has 0 saturated heterocycles. The first kappa shape index (κ1) is 28.0. The molecule has 0 saturated carbocycles. The van der Waals surface area contributed by atoms with E-state index in [1.165, 1.54) is 36.3 Å². The van der Waals surface area contributed by atoms with Crippen LogP contribution in [0.5, 0.6) is 11.5 Å². The Morgan fingerprint density at radius 2 is 2.00 bits per heavy atom. The number of hydrogen-bond acceptors (Lipinski definition) is 7. The zero-order valence-corrected chi connectivity index (χ0v) is 21.5. The van der Waals surface area contributed by atoms with Gasteiger partial charge in [-0.1, -0.05) is 18.2 Å². The Bertz CT molecular complexity index is 1280. The van der Waals surface area contributed by atoms with Crippen molar-refractivity contribution in [3.63, 3.8) is 0 Å². The van der Waals surface area contributed by atoms with Gasteiger partial charge in [-0.3, -0.25) is 14.4 Å². The number of aldehydes is 1. The highest BCUT2D eigenvalue weighted by molar-refractivity contribution is 5.96. The van der Waals surface area contributed by atoms with Crippen LogP contribution in [0.15, 0.2) is 60.7 Å². The molecule has 10 heteroatoms. The summed E-state index contributed by atoms with van der Waals surface area (Å²) in [6.07, 6.45) is 2.05. The van der Waals surface area contributed by atoms with Crippen molar-refractivity contribution in [2.75, 3.05) is 20.3 Å². The van der Waals surface area contributed by atoms with Crippen LogP contribution in [0, 0.1) is 5.82 Å². The van der Waals surface area contributed by atoms with Gasteiger partial charge in [-0.25, -0.2) is 4.39 Å². The van der Waals surface area contributed by atoms with E-state index in [4.69, 9.17) is 9.47 Å². The van der Waals surface area contributed by atoms with E-state index in [2.05, 4.69) is 11.9 Å². The molecule has 0 fully saturated rings. The van der Waals surface area contributed by atoms with Crippen LogP contribution in [0.1, 0.15) is 40.2 Å². The molecule has 0 bridgehead atoms. The van der Waals surface area contributed by atoms with Gasteiger partial charge in [0.2, 0.25) is 11.8 Å². The van der Waals surface area contributed by atoms with Crippen molar-refractivity contribution in [1.29, 1.82) is 0 Å². The summed E-state index contributed by atoms with van der Waals surface area (Å²) in [5.74, 6) is -1.44. The van der Waals surface area contributed by atoms with Gasteiger partial charge in [-0.15, -0.1) is 6.58 Å². The SMILES string of the molecule is C=CCCC(=O)N(Cc1ccc(F)cc1)C1C=C(C(=O)NCCO)C2c3cc(C=O)cc(OC)c3OC2C1O. The maximum atomic E-state index is 13.5. The molecule has 3 N–H and O–H groups in total. The number of carbonyl (C=O) groups excluding carboxylic acids is 3. The number of amides is 2. The third-order valence-corrected chi connectivity index (χ3v) is 6.92. The smallest absolute Gasteiger partial charge is 0.247 e. The Kier molecular flexibility index (Phi) is 8.78.